The minimum absolute atomic E-state index is 0.142. The van der Waals surface area contributed by atoms with E-state index in [0.717, 1.165) is 29.1 Å². The van der Waals surface area contributed by atoms with Crippen LogP contribution in [0.5, 0.6) is 0 Å². The summed E-state index contributed by atoms with van der Waals surface area (Å²) in [6, 6.07) is 18.1. The summed E-state index contributed by atoms with van der Waals surface area (Å²) in [4.78, 5) is 18.1. The molecule has 0 aliphatic rings. The maximum atomic E-state index is 12.9. The predicted octanol–water partition coefficient (Wildman–Crippen LogP) is 5.41. The van der Waals surface area contributed by atoms with Crippen LogP contribution in [0.3, 0.4) is 0 Å². The Hall–Kier alpha value is -3.25. The quantitative estimate of drug-likeness (QED) is 0.473. The highest BCUT2D eigenvalue weighted by Crippen LogP contribution is 2.27. The molecule has 1 amide bonds. The second-order valence-corrected chi connectivity index (χ2v) is 8.38. The lowest BCUT2D eigenvalue weighted by molar-refractivity contribution is 0.102. The van der Waals surface area contributed by atoms with E-state index in [1.54, 1.807) is 0 Å². The Morgan fingerprint density at radius 2 is 1.67 bits per heavy atom. The average Bonchev–Trinajstić information content (AvgIpc) is 3.25. The molecular formula is C24H24N4OS. The SMILES string of the molecule is Cc1ccccc1NC(=O)c1sc(-n2nc(C)c(Cc3ccccc3)c2C)nc1C. The number of nitrogens with one attached hydrogen (secondary N) is 1. The lowest BCUT2D eigenvalue weighted by Gasteiger charge is -2.06. The summed E-state index contributed by atoms with van der Waals surface area (Å²) in [7, 11) is 0. The van der Waals surface area contributed by atoms with Gasteiger partial charge in [0, 0.05) is 23.4 Å². The number of nitrogens with zero attached hydrogens (tertiary/aromatic N) is 3. The number of hydrogen-bond donors (Lipinski definition) is 1. The number of rotatable bonds is 5. The minimum atomic E-state index is -0.142. The number of hydrogen-bond acceptors (Lipinski definition) is 4. The molecule has 2 aromatic carbocycles. The first kappa shape index (κ1) is 20.0. The summed E-state index contributed by atoms with van der Waals surface area (Å²) in [5, 5.41) is 8.43. The van der Waals surface area contributed by atoms with Gasteiger partial charge in [-0.15, -0.1) is 0 Å². The molecule has 0 aliphatic carbocycles. The topological polar surface area (TPSA) is 59.8 Å². The van der Waals surface area contributed by atoms with Crippen molar-refractivity contribution in [1.82, 2.24) is 14.8 Å². The lowest BCUT2D eigenvalue weighted by atomic mass is 10.0. The maximum absolute atomic E-state index is 12.9. The van der Waals surface area contributed by atoms with Gasteiger partial charge in [-0.2, -0.15) is 5.10 Å². The first-order chi connectivity index (χ1) is 14.4. The van der Waals surface area contributed by atoms with Gasteiger partial charge in [0.15, 0.2) is 0 Å². The van der Waals surface area contributed by atoms with E-state index in [1.807, 2.05) is 67.9 Å². The van der Waals surface area contributed by atoms with Crippen molar-refractivity contribution in [2.24, 2.45) is 0 Å². The van der Waals surface area contributed by atoms with Crippen molar-refractivity contribution in [3.05, 3.63) is 93.2 Å². The number of aromatic nitrogens is 3. The van der Waals surface area contributed by atoms with Crippen LogP contribution >= 0.6 is 11.3 Å². The van der Waals surface area contributed by atoms with E-state index >= 15 is 0 Å². The summed E-state index contributed by atoms with van der Waals surface area (Å²) < 4.78 is 1.86. The number of para-hydroxylation sites is 1. The smallest absolute Gasteiger partial charge is 0.267 e. The molecule has 0 saturated carbocycles. The zero-order chi connectivity index (χ0) is 21.3. The van der Waals surface area contributed by atoms with Gasteiger partial charge >= 0.3 is 0 Å². The Balaban J connectivity index is 1.62. The van der Waals surface area contributed by atoms with E-state index in [2.05, 4.69) is 29.4 Å². The van der Waals surface area contributed by atoms with Crippen molar-refractivity contribution < 1.29 is 4.79 Å². The molecule has 1 N–H and O–H groups in total. The molecular weight excluding hydrogens is 392 g/mol. The summed E-state index contributed by atoms with van der Waals surface area (Å²) in [6.45, 7) is 7.92. The zero-order valence-electron chi connectivity index (χ0n) is 17.6. The number of amides is 1. The van der Waals surface area contributed by atoms with Crippen LogP contribution in [0.4, 0.5) is 5.69 Å². The molecule has 0 unspecified atom stereocenters. The van der Waals surface area contributed by atoms with Crippen molar-refractivity contribution >= 4 is 22.9 Å². The minimum Gasteiger partial charge on any atom is -0.321 e. The van der Waals surface area contributed by atoms with Crippen molar-refractivity contribution in [3.8, 4) is 5.13 Å². The Morgan fingerprint density at radius 3 is 2.40 bits per heavy atom. The van der Waals surface area contributed by atoms with Crippen molar-refractivity contribution in [3.63, 3.8) is 0 Å². The van der Waals surface area contributed by atoms with E-state index in [1.165, 1.54) is 22.5 Å². The first-order valence-corrected chi connectivity index (χ1v) is 10.7. The van der Waals surface area contributed by atoms with Gasteiger partial charge in [0.05, 0.1) is 11.4 Å². The highest BCUT2D eigenvalue weighted by molar-refractivity contribution is 7.16. The molecule has 0 aliphatic heterocycles. The second kappa shape index (κ2) is 8.24. The normalized spacial score (nSPS) is 10.9. The number of benzene rings is 2. The van der Waals surface area contributed by atoms with Crippen LogP contribution in [0.2, 0.25) is 0 Å². The van der Waals surface area contributed by atoms with Gasteiger partial charge in [-0.05, 0) is 44.9 Å². The third kappa shape index (κ3) is 3.91. The third-order valence-electron chi connectivity index (χ3n) is 5.23. The lowest BCUT2D eigenvalue weighted by Crippen LogP contribution is -2.12. The van der Waals surface area contributed by atoms with Crippen LogP contribution < -0.4 is 5.32 Å². The second-order valence-electron chi connectivity index (χ2n) is 7.40. The highest BCUT2D eigenvalue weighted by atomic mass is 32.1. The molecule has 152 valence electrons. The molecule has 5 nitrogen and oxygen atoms in total. The number of anilines is 1. The fraction of sp³-hybridized carbons (Fsp3) is 0.208. The van der Waals surface area contributed by atoms with E-state index < -0.39 is 0 Å². The Morgan fingerprint density at radius 1 is 0.967 bits per heavy atom. The van der Waals surface area contributed by atoms with Gasteiger partial charge < -0.3 is 5.32 Å². The molecule has 0 saturated heterocycles. The molecule has 30 heavy (non-hydrogen) atoms. The van der Waals surface area contributed by atoms with Gasteiger partial charge in [0.2, 0.25) is 5.13 Å². The standard InChI is InChI=1S/C24H24N4OS/c1-15-10-8-9-13-21(15)26-23(29)22-17(3)25-24(30-22)28-18(4)20(16(2)27-28)14-19-11-6-5-7-12-19/h5-13H,14H2,1-4H3,(H,26,29). The van der Waals surface area contributed by atoms with Crippen molar-refractivity contribution in [2.45, 2.75) is 34.1 Å². The van der Waals surface area contributed by atoms with E-state index in [0.29, 0.717) is 15.7 Å². The molecule has 2 aromatic heterocycles. The Kier molecular flexibility index (Phi) is 5.50. The molecule has 4 aromatic rings. The largest absolute Gasteiger partial charge is 0.321 e. The molecule has 0 spiro atoms. The van der Waals surface area contributed by atoms with Crippen LogP contribution in [-0.4, -0.2) is 20.7 Å². The molecule has 0 bridgehead atoms. The van der Waals surface area contributed by atoms with Crippen LogP contribution in [0, 0.1) is 27.7 Å². The zero-order valence-corrected chi connectivity index (χ0v) is 18.4. The van der Waals surface area contributed by atoms with Gasteiger partial charge in [-0.1, -0.05) is 59.9 Å². The molecule has 6 heteroatoms. The summed E-state index contributed by atoms with van der Waals surface area (Å²) in [5.41, 5.74) is 7.02. The number of carbonyl (C=O) groups is 1. The fourth-order valence-electron chi connectivity index (χ4n) is 3.49. The summed E-state index contributed by atoms with van der Waals surface area (Å²) >= 11 is 1.37. The van der Waals surface area contributed by atoms with Gasteiger partial charge in [0.1, 0.15) is 4.88 Å². The van der Waals surface area contributed by atoms with Gasteiger partial charge in [-0.25, -0.2) is 9.67 Å². The van der Waals surface area contributed by atoms with E-state index in [9.17, 15) is 4.79 Å². The van der Waals surface area contributed by atoms with Gasteiger partial charge in [-0.3, -0.25) is 4.79 Å². The fourth-order valence-corrected chi connectivity index (χ4v) is 4.46. The third-order valence-corrected chi connectivity index (χ3v) is 6.36. The summed E-state index contributed by atoms with van der Waals surface area (Å²) in [5.74, 6) is -0.142. The maximum Gasteiger partial charge on any atom is 0.267 e. The molecule has 0 fully saturated rings. The molecule has 4 rings (SSSR count). The Labute approximate surface area is 180 Å². The average molecular weight is 417 g/mol. The van der Waals surface area contributed by atoms with E-state index in [-0.39, 0.29) is 5.91 Å². The van der Waals surface area contributed by atoms with Crippen molar-refractivity contribution in [2.75, 3.05) is 5.32 Å². The van der Waals surface area contributed by atoms with Crippen molar-refractivity contribution in [1.29, 1.82) is 0 Å². The van der Waals surface area contributed by atoms with Crippen LogP contribution in [0.1, 0.15) is 43.4 Å². The van der Waals surface area contributed by atoms with Crippen LogP contribution in [-0.2, 0) is 6.42 Å². The molecule has 0 atom stereocenters. The summed E-state index contributed by atoms with van der Waals surface area (Å²) in [6.07, 6.45) is 0.823. The predicted molar refractivity (Wildman–Crippen MR) is 122 cm³/mol. The first-order valence-electron chi connectivity index (χ1n) is 9.88. The van der Waals surface area contributed by atoms with Crippen LogP contribution in [0.25, 0.3) is 5.13 Å². The van der Waals surface area contributed by atoms with Gasteiger partial charge in [0.25, 0.3) is 5.91 Å². The number of carbonyl (C=O) groups excluding carboxylic acids is 1. The number of thiazole rings is 1. The monoisotopic (exact) mass is 416 g/mol. The Bertz CT molecular complexity index is 1210. The molecule has 2 heterocycles. The van der Waals surface area contributed by atoms with Crippen LogP contribution in [0.15, 0.2) is 54.6 Å². The number of aryl methyl sites for hydroxylation is 3. The van der Waals surface area contributed by atoms with E-state index in [4.69, 9.17) is 5.10 Å². The highest BCUT2D eigenvalue weighted by Gasteiger charge is 2.20. The molecule has 0 radical (unpaired) electrons.